The van der Waals surface area contributed by atoms with E-state index in [1.807, 2.05) is 6.92 Å². The highest BCUT2D eigenvalue weighted by molar-refractivity contribution is 6.03. The molecule has 2 rings (SSSR count). The molecule has 1 aromatic heterocycles. The largest absolute Gasteiger partial charge is 0.465 e. The van der Waals surface area contributed by atoms with E-state index in [2.05, 4.69) is 15.2 Å². The molecule has 21 heavy (non-hydrogen) atoms. The van der Waals surface area contributed by atoms with Gasteiger partial charge in [-0.3, -0.25) is 9.48 Å². The lowest BCUT2D eigenvalue weighted by molar-refractivity contribution is 0.0600. The fraction of sp³-hybridized carbons (Fsp3) is 0.267. The number of carbonyl (C=O) groups is 2. The Morgan fingerprint density at radius 1 is 1.29 bits per heavy atom. The number of amides is 1. The van der Waals surface area contributed by atoms with E-state index >= 15 is 0 Å². The molecule has 1 aromatic carbocycles. The Hall–Kier alpha value is -2.63. The number of aryl methyl sites for hydroxylation is 2. The highest BCUT2D eigenvalue weighted by atomic mass is 16.5. The van der Waals surface area contributed by atoms with Crippen molar-refractivity contribution in [1.29, 1.82) is 0 Å². The van der Waals surface area contributed by atoms with Crippen molar-refractivity contribution >= 4 is 17.6 Å². The molecule has 0 saturated carbocycles. The van der Waals surface area contributed by atoms with Crippen molar-refractivity contribution in [3.63, 3.8) is 0 Å². The number of hydrogen-bond donors (Lipinski definition) is 1. The first-order valence-corrected chi connectivity index (χ1v) is 6.57. The van der Waals surface area contributed by atoms with E-state index < -0.39 is 5.97 Å². The zero-order valence-electron chi connectivity index (χ0n) is 12.2. The SMILES string of the molecule is CCc1cc(C(=O)Nc2ccc(C(=O)OC)cc2)n(C)n1. The van der Waals surface area contributed by atoms with Crippen LogP contribution in [-0.2, 0) is 18.2 Å². The number of esters is 1. The number of aromatic nitrogens is 2. The van der Waals surface area contributed by atoms with Gasteiger partial charge >= 0.3 is 5.97 Å². The summed E-state index contributed by atoms with van der Waals surface area (Å²) in [5.41, 5.74) is 2.39. The van der Waals surface area contributed by atoms with Crippen LogP contribution in [0.5, 0.6) is 0 Å². The van der Waals surface area contributed by atoms with Gasteiger partial charge in [0, 0.05) is 12.7 Å². The van der Waals surface area contributed by atoms with Crippen LogP contribution in [0.15, 0.2) is 30.3 Å². The van der Waals surface area contributed by atoms with E-state index in [0.717, 1.165) is 12.1 Å². The van der Waals surface area contributed by atoms with Crippen molar-refractivity contribution in [3.8, 4) is 0 Å². The standard InChI is InChI=1S/C15H17N3O3/c1-4-11-9-13(18(2)17-11)14(19)16-12-7-5-10(6-8-12)15(20)21-3/h5-9H,4H2,1-3H3,(H,16,19). The summed E-state index contributed by atoms with van der Waals surface area (Å²) in [5.74, 6) is -0.650. The molecule has 0 aliphatic rings. The van der Waals surface area contributed by atoms with Gasteiger partial charge in [-0.15, -0.1) is 0 Å². The Bertz CT molecular complexity index is 659. The van der Waals surface area contributed by atoms with E-state index in [9.17, 15) is 9.59 Å². The summed E-state index contributed by atoms with van der Waals surface area (Å²) in [6.07, 6.45) is 0.773. The number of hydrogen-bond acceptors (Lipinski definition) is 4. The Balaban J connectivity index is 2.12. The molecule has 0 fully saturated rings. The van der Waals surface area contributed by atoms with Crippen LogP contribution < -0.4 is 5.32 Å². The van der Waals surface area contributed by atoms with Crippen molar-refractivity contribution in [2.45, 2.75) is 13.3 Å². The molecule has 0 spiro atoms. The maximum absolute atomic E-state index is 12.2. The minimum atomic E-state index is -0.410. The summed E-state index contributed by atoms with van der Waals surface area (Å²) in [6.45, 7) is 1.98. The van der Waals surface area contributed by atoms with Crippen LogP contribution in [0, 0.1) is 0 Å². The van der Waals surface area contributed by atoms with E-state index in [-0.39, 0.29) is 5.91 Å². The van der Waals surface area contributed by atoms with Crippen LogP contribution in [0.1, 0.15) is 33.5 Å². The second-order valence-corrected chi connectivity index (χ2v) is 4.52. The molecule has 0 atom stereocenters. The van der Waals surface area contributed by atoms with Crippen molar-refractivity contribution in [2.24, 2.45) is 7.05 Å². The molecule has 6 nitrogen and oxygen atoms in total. The van der Waals surface area contributed by atoms with Crippen LogP contribution in [-0.4, -0.2) is 28.8 Å². The summed E-state index contributed by atoms with van der Waals surface area (Å²) >= 11 is 0. The number of rotatable bonds is 4. The van der Waals surface area contributed by atoms with Crippen molar-refractivity contribution in [2.75, 3.05) is 12.4 Å². The van der Waals surface area contributed by atoms with Gasteiger partial charge in [-0.25, -0.2) is 4.79 Å². The molecular formula is C15H17N3O3. The third-order valence-corrected chi connectivity index (χ3v) is 3.09. The number of benzene rings is 1. The predicted octanol–water partition coefficient (Wildman–Crippen LogP) is 2.02. The Morgan fingerprint density at radius 2 is 1.95 bits per heavy atom. The first kappa shape index (κ1) is 14.8. The molecular weight excluding hydrogens is 270 g/mol. The summed E-state index contributed by atoms with van der Waals surface area (Å²) in [7, 11) is 3.06. The van der Waals surface area contributed by atoms with Gasteiger partial charge in [0.1, 0.15) is 5.69 Å². The van der Waals surface area contributed by atoms with Crippen molar-refractivity contribution < 1.29 is 14.3 Å². The zero-order valence-corrected chi connectivity index (χ0v) is 12.2. The monoisotopic (exact) mass is 287 g/mol. The first-order chi connectivity index (χ1) is 10.0. The summed E-state index contributed by atoms with van der Waals surface area (Å²) < 4.78 is 6.17. The Morgan fingerprint density at radius 3 is 2.48 bits per heavy atom. The maximum Gasteiger partial charge on any atom is 0.337 e. The van der Waals surface area contributed by atoms with Crippen molar-refractivity contribution in [1.82, 2.24) is 9.78 Å². The number of nitrogens with one attached hydrogen (secondary N) is 1. The van der Waals surface area contributed by atoms with Crippen LogP contribution in [0.3, 0.4) is 0 Å². The molecule has 1 heterocycles. The third-order valence-electron chi connectivity index (χ3n) is 3.09. The average molecular weight is 287 g/mol. The van der Waals surface area contributed by atoms with Gasteiger partial charge in [0.05, 0.1) is 18.4 Å². The third kappa shape index (κ3) is 3.28. The lowest BCUT2D eigenvalue weighted by Crippen LogP contribution is -2.16. The number of methoxy groups -OCH3 is 1. The second kappa shape index (κ2) is 6.21. The highest BCUT2D eigenvalue weighted by Crippen LogP contribution is 2.12. The topological polar surface area (TPSA) is 73.2 Å². The summed E-state index contributed by atoms with van der Waals surface area (Å²) in [4.78, 5) is 23.5. The number of carbonyl (C=O) groups excluding carboxylic acids is 2. The summed E-state index contributed by atoms with van der Waals surface area (Å²) in [5, 5.41) is 7.00. The van der Waals surface area contributed by atoms with E-state index in [1.54, 1.807) is 42.1 Å². The van der Waals surface area contributed by atoms with Gasteiger partial charge in [-0.1, -0.05) is 6.92 Å². The van der Waals surface area contributed by atoms with E-state index in [0.29, 0.717) is 16.9 Å². The van der Waals surface area contributed by atoms with Gasteiger partial charge in [-0.2, -0.15) is 5.10 Å². The lowest BCUT2D eigenvalue weighted by Gasteiger charge is -2.06. The second-order valence-electron chi connectivity index (χ2n) is 4.52. The van der Waals surface area contributed by atoms with E-state index in [4.69, 9.17) is 0 Å². The maximum atomic E-state index is 12.2. The fourth-order valence-corrected chi connectivity index (χ4v) is 1.91. The van der Waals surface area contributed by atoms with Gasteiger partial charge in [-0.05, 0) is 36.8 Å². The quantitative estimate of drug-likeness (QED) is 0.873. The minimum Gasteiger partial charge on any atom is -0.465 e. The van der Waals surface area contributed by atoms with Crippen LogP contribution in [0.4, 0.5) is 5.69 Å². The number of anilines is 1. The molecule has 0 aliphatic carbocycles. The van der Waals surface area contributed by atoms with Crippen LogP contribution in [0.2, 0.25) is 0 Å². The van der Waals surface area contributed by atoms with Gasteiger partial charge in [0.2, 0.25) is 0 Å². The average Bonchev–Trinajstić information content (AvgIpc) is 2.88. The summed E-state index contributed by atoms with van der Waals surface area (Å²) in [6, 6.07) is 8.27. The molecule has 0 aliphatic heterocycles. The van der Waals surface area contributed by atoms with Crippen LogP contribution >= 0.6 is 0 Å². The number of nitrogens with zero attached hydrogens (tertiary/aromatic N) is 2. The normalized spacial score (nSPS) is 10.2. The van der Waals surface area contributed by atoms with Gasteiger partial charge in [0.15, 0.2) is 0 Å². The first-order valence-electron chi connectivity index (χ1n) is 6.57. The predicted molar refractivity (Wildman–Crippen MR) is 78.3 cm³/mol. The Kier molecular flexibility index (Phi) is 4.37. The molecule has 110 valence electrons. The molecule has 0 bridgehead atoms. The van der Waals surface area contributed by atoms with Crippen molar-refractivity contribution in [3.05, 3.63) is 47.3 Å². The Labute approximate surface area is 122 Å². The van der Waals surface area contributed by atoms with Crippen LogP contribution in [0.25, 0.3) is 0 Å². The lowest BCUT2D eigenvalue weighted by atomic mass is 10.2. The zero-order chi connectivity index (χ0) is 15.4. The molecule has 0 saturated heterocycles. The highest BCUT2D eigenvalue weighted by Gasteiger charge is 2.13. The van der Waals surface area contributed by atoms with Gasteiger partial charge < -0.3 is 10.1 Å². The minimum absolute atomic E-state index is 0.240. The molecule has 0 radical (unpaired) electrons. The molecule has 1 amide bonds. The fourth-order valence-electron chi connectivity index (χ4n) is 1.91. The van der Waals surface area contributed by atoms with Gasteiger partial charge in [0.25, 0.3) is 5.91 Å². The molecule has 2 aromatic rings. The van der Waals surface area contributed by atoms with E-state index in [1.165, 1.54) is 7.11 Å². The molecule has 1 N–H and O–H groups in total. The molecule has 0 unspecified atom stereocenters. The number of ether oxygens (including phenoxy) is 1. The smallest absolute Gasteiger partial charge is 0.337 e. The molecule has 6 heteroatoms.